The first kappa shape index (κ1) is 11.9. The summed E-state index contributed by atoms with van der Waals surface area (Å²) in [5, 5.41) is 3.32. The minimum atomic E-state index is 0.220. The molecule has 0 bridgehead atoms. The van der Waals surface area contributed by atoms with Crippen LogP contribution in [0.15, 0.2) is 0 Å². The van der Waals surface area contributed by atoms with Crippen LogP contribution in [0.25, 0.3) is 0 Å². The number of hydrogen-bond acceptors (Lipinski definition) is 2. The van der Waals surface area contributed by atoms with Gasteiger partial charge in [0.1, 0.15) is 0 Å². The molecular formula is C13H24N2O. The van der Waals surface area contributed by atoms with Gasteiger partial charge in [0.15, 0.2) is 0 Å². The molecule has 0 aliphatic carbocycles. The zero-order valence-corrected chi connectivity index (χ0v) is 10.7. The molecule has 2 aliphatic rings. The Balaban J connectivity index is 1.98. The lowest BCUT2D eigenvalue weighted by atomic mass is 9.89. The topological polar surface area (TPSA) is 32.3 Å². The number of likely N-dealkylation sites (tertiary alicyclic amines) is 1. The molecule has 0 spiro atoms. The average Bonchev–Trinajstić information content (AvgIpc) is 2.62. The van der Waals surface area contributed by atoms with Gasteiger partial charge in [0.05, 0.1) is 5.92 Å². The van der Waals surface area contributed by atoms with Crippen LogP contribution < -0.4 is 5.32 Å². The molecule has 0 aromatic heterocycles. The predicted molar refractivity (Wildman–Crippen MR) is 65.0 cm³/mol. The summed E-state index contributed by atoms with van der Waals surface area (Å²) in [6.45, 7) is 10.5. The first-order valence-corrected chi connectivity index (χ1v) is 6.57. The Labute approximate surface area is 98.6 Å². The molecule has 2 fully saturated rings. The summed E-state index contributed by atoms with van der Waals surface area (Å²) >= 11 is 0. The third kappa shape index (κ3) is 2.40. The van der Waals surface area contributed by atoms with E-state index < -0.39 is 0 Å². The van der Waals surface area contributed by atoms with Crippen LogP contribution in [0.2, 0.25) is 0 Å². The molecule has 0 radical (unpaired) electrons. The first-order valence-electron chi connectivity index (χ1n) is 6.57. The fourth-order valence-corrected chi connectivity index (χ4v) is 3.22. The second-order valence-corrected chi connectivity index (χ2v) is 5.93. The van der Waals surface area contributed by atoms with Crippen molar-refractivity contribution >= 4 is 5.91 Å². The molecular weight excluding hydrogens is 200 g/mol. The van der Waals surface area contributed by atoms with Gasteiger partial charge in [-0.25, -0.2) is 0 Å². The number of rotatable bonds is 1. The van der Waals surface area contributed by atoms with Gasteiger partial charge in [0.2, 0.25) is 5.91 Å². The van der Waals surface area contributed by atoms with E-state index in [1.54, 1.807) is 0 Å². The molecule has 2 saturated heterocycles. The molecule has 3 heteroatoms. The Kier molecular flexibility index (Phi) is 3.53. The second-order valence-electron chi connectivity index (χ2n) is 5.93. The van der Waals surface area contributed by atoms with Gasteiger partial charge in [-0.15, -0.1) is 0 Å². The standard InChI is InChI=1S/C13H24N2O/c1-9-4-10(2)8-15(7-9)13(16)12-6-14-5-11(12)3/h9-12,14H,4-8H2,1-3H3/t9?,10?,11-,12-/m1/s1. The lowest BCUT2D eigenvalue weighted by Gasteiger charge is -2.37. The summed E-state index contributed by atoms with van der Waals surface area (Å²) < 4.78 is 0. The highest BCUT2D eigenvalue weighted by atomic mass is 16.2. The summed E-state index contributed by atoms with van der Waals surface area (Å²) in [4.78, 5) is 14.5. The van der Waals surface area contributed by atoms with Gasteiger partial charge in [-0.2, -0.15) is 0 Å². The number of nitrogens with one attached hydrogen (secondary N) is 1. The maximum absolute atomic E-state index is 12.4. The second kappa shape index (κ2) is 4.74. The molecule has 16 heavy (non-hydrogen) atoms. The van der Waals surface area contributed by atoms with Crippen LogP contribution in [0.1, 0.15) is 27.2 Å². The molecule has 3 nitrogen and oxygen atoms in total. The van der Waals surface area contributed by atoms with Crippen molar-refractivity contribution < 1.29 is 4.79 Å². The van der Waals surface area contributed by atoms with Crippen LogP contribution in [0.5, 0.6) is 0 Å². The summed E-state index contributed by atoms with van der Waals surface area (Å²) in [7, 11) is 0. The Morgan fingerprint density at radius 1 is 1.12 bits per heavy atom. The first-order chi connectivity index (χ1) is 7.58. The lowest BCUT2D eigenvalue weighted by molar-refractivity contribution is -0.138. The van der Waals surface area contributed by atoms with Gasteiger partial charge < -0.3 is 10.2 Å². The van der Waals surface area contributed by atoms with E-state index in [0.717, 1.165) is 26.2 Å². The molecule has 1 N–H and O–H groups in total. The average molecular weight is 224 g/mol. The van der Waals surface area contributed by atoms with Crippen molar-refractivity contribution in [1.82, 2.24) is 10.2 Å². The van der Waals surface area contributed by atoms with Gasteiger partial charge in [-0.1, -0.05) is 20.8 Å². The fourth-order valence-electron chi connectivity index (χ4n) is 3.22. The van der Waals surface area contributed by atoms with E-state index >= 15 is 0 Å². The van der Waals surface area contributed by atoms with Crippen molar-refractivity contribution in [3.05, 3.63) is 0 Å². The predicted octanol–water partition coefficient (Wildman–Crippen LogP) is 1.35. The Morgan fingerprint density at radius 3 is 2.25 bits per heavy atom. The summed E-state index contributed by atoms with van der Waals surface area (Å²) in [5.74, 6) is 2.43. The number of carbonyl (C=O) groups excluding carboxylic acids is 1. The van der Waals surface area contributed by atoms with Crippen LogP contribution in [0.3, 0.4) is 0 Å². The third-order valence-electron chi connectivity index (χ3n) is 4.02. The van der Waals surface area contributed by atoms with E-state index in [-0.39, 0.29) is 5.92 Å². The van der Waals surface area contributed by atoms with Crippen molar-refractivity contribution in [2.24, 2.45) is 23.7 Å². The van der Waals surface area contributed by atoms with Crippen LogP contribution in [-0.4, -0.2) is 37.0 Å². The number of piperidine rings is 1. The van der Waals surface area contributed by atoms with Crippen LogP contribution in [0.4, 0.5) is 0 Å². The molecule has 2 aliphatic heterocycles. The minimum absolute atomic E-state index is 0.220. The Morgan fingerprint density at radius 2 is 1.75 bits per heavy atom. The van der Waals surface area contributed by atoms with Crippen molar-refractivity contribution in [3.8, 4) is 0 Å². The Bertz CT molecular complexity index is 257. The van der Waals surface area contributed by atoms with Crippen LogP contribution in [0, 0.1) is 23.7 Å². The van der Waals surface area contributed by atoms with Gasteiger partial charge >= 0.3 is 0 Å². The number of hydrogen-bond donors (Lipinski definition) is 1. The van der Waals surface area contributed by atoms with Gasteiger partial charge in [0.25, 0.3) is 0 Å². The van der Waals surface area contributed by atoms with Crippen molar-refractivity contribution in [2.75, 3.05) is 26.2 Å². The largest absolute Gasteiger partial charge is 0.342 e. The summed E-state index contributed by atoms with van der Waals surface area (Å²) in [6, 6.07) is 0. The van der Waals surface area contributed by atoms with Crippen molar-refractivity contribution in [2.45, 2.75) is 27.2 Å². The Hall–Kier alpha value is -0.570. The summed E-state index contributed by atoms with van der Waals surface area (Å²) in [5.41, 5.74) is 0. The maximum atomic E-state index is 12.4. The SMILES string of the molecule is CC1CC(C)CN(C(=O)[C@@H]2CNC[C@H]2C)C1. The molecule has 2 heterocycles. The van der Waals surface area contributed by atoms with Crippen molar-refractivity contribution in [1.29, 1.82) is 0 Å². The highest BCUT2D eigenvalue weighted by Gasteiger charge is 2.35. The lowest BCUT2D eigenvalue weighted by Crippen LogP contribution is -2.46. The van der Waals surface area contributed by atoms with E-state index in [2.05, 4.69) is 31.0 Å². The molecule has 92 valence electrons. The molecule has 0 saturated carbocycles. The molecule has 2 rings (SSSR count). The highest BCUT2D eigenvalue weighted by Crippen LogP contribution is 2.25. The van der Waals surface area contributed by atoms with Gasteiger partial charge in [-0.3, -0.25) is 4.79 Å². The normalized spacial score (nSPS) is 40.1. The van der Waals surface area contributed by atoms with E-state index in [1.807, 2.05) is 0 Å². The number of carbonyl (C=O) groups is 1. The van der Waals surface area contributed by atoms with Gasteiger partial charge in [0, 0.05) is 19.6 Å². The zero-order valence-electron chi connectivity index (χ0n) is 10.7. The smallest absolute Gasteiger partial charge is 0.227 e. The molecule has 1 amide bonds. The zero-order chi connectivity index (χ0) is 11.7. The molecule has 0 aromatic rings. The molecule has 4 atom stereocenters. The van der Waals surface area contributed by atoms with Crippen molar-refractivity contribution in [3.63, 3.8) is 0 Å². The fraction of sp³-hybridized carbons (Fsp3) is 0.923. The third-order valence-corrected chi connectivity index (χ3v) is 4.02. The van der Waals surface area contributed by atoms with Crippen LogP contribution in [-0.2, 0) is 4.79 Å². The minimum Gasteiger partial charge on any atom is -0.342 e. The number of amides is 1. The van der Waals surface area contributed by atoms with E-state index in [9.17, 15) is 4.79 Å². The van der Waals surface area contributed by atoms with E-state index in [1.165, 1.54) is 6.42 Å². The summed E-state index contributed by atoms with van der Waals surface area (Å²) in [6.07, 6.45) is 1.27. The van der Waals surface area contributed by atoms with E-state index in [4.69, 9.17) is 0 Å². The van der Waals surface area contributed by atoms with Crippen LogP contribution >= 0.6 is 0 Å². The van der Waals surface area contributed by atoms with E-state index in [0.29, 0.717) is 23.7 Å². The highest BCUT2D eigenvalue weighted by molar-refractivity contribution is 5.79. The number of nitrogens with zero attached hydrogens (tertiary/aromatic N) is 1. The molecule has 2 unspecified atom stereocenters. The van der Waals surface area contributed by atoms with Gasteiger partial charge in [-0.05, 0) is 30.7 Å². The monoisotopic (exact) mass is 224 g/mol. The molecule has 0 aromatic carbocycles. The quantitative estimate of drug-likeness (QED) is 0.729. The maximum Gasteiger partial charge on any atom is 0.227 e.